The van der Waals surface area contributed by atoms with Gasteiger partial charge in [-0.2, -0.15) is 0 Å². The third kappa shape index (κ3) is 7.27. The van der Waals surface area contributed by atoms with Crippen LogP contribution in [0, 0.1) is 0 Å². The van der Waals surface area contributed by atoms with Crippen molar-refractivity contribution in [1.29, 1.82) is 0 Å². The highest BCUT2D eigenvalue weighted by Gasteiger charge is 2.22. The summed E-state index contributed by atoms with van der Waals surface area (Å²) in [6.07, 6.45) is 1.14. The van der Waals surface area contributed by atoms with Gasteiger partial charge in [-0.15, -0.1) is 24.8 Å². The second-order valence-electron chi connectivity index (χ2n) is 7.40. The number of benzene rings is 2. The second kappa shape index (κ2) is 13.8. The van der Waals surface area contributed by atoms with Crippen LogP contribution in [-0.2, 0) is 6.54 Å². The largest absolute Gasteiger partial charge is 0.454 e. The van der Waals surface area contributed by atoms with Gasteiger partial charge < -0.3 is 14.2 Å². The fourth-order valence-electron chi connectivity index (χ4n) is 3.64. The van der Waals surface area contributed by atoms with Gasteiger partial charge in [0.15, 0.2) is 5.76 Å². The van der Waals surface area contributed by atoms with Crippen molar-refractivity contribution in [1.82, 2.24) is 9.80 Å². The van der Waals surface area contributed by atoms with Gasteiger partial charge in [0, 0.05) is 23.2 Å². The molecular weight excluding hydrogens is 451 g/mol. The molecule has 170 valence electrons. The predicted molar refractivity (Wildman–Crippen MR) is 138 cm³/mol. The number of furan rings is 1. The lowest BCUT2D eigenvalue weighted by Gasteiger charge is -2.21. The van der Waals surface area contributed by atoms with E-state index in [9.17, 15) is 0 Å². The summed E-state index contributed by atoms with van der Waals surface area (Å²) in [5, 5.41) is 0.714. The van der Waals surface area contributed by atoms with E-state index < -0.39 is 0 Å². The number of nitrogens with zero attached hydrogens (tertiary/aromatic N) is 2. The predicted octanol–water partition coefficient (Wildman–Crippen LogP) is 7.27. The molecule has 0 bridgehead atoms. The van der Waals surface area contributed by atoms with Crippen LogP contribution in [0.3, 0.4) is 0 Å². The lowest BCUT2D eigenvalue weighted by molar-refractivity contribution is 0.259. The summed E-state index contributed by atoms with van der Waals surface area (Å²) in [5.74, 6) is 1.61. The van der Waals surface area contributed by atoms with E-state index in [2.05, 4.69) is 42.8 Å². The lowest BCUT2D eigenvalue weighted by Crippen LogP contribution is -2.28. The summed E-state index contributed by atoms with van der Waals surface area (Å²) in [6.45, 7) is 9.55. The van der Waals surface area contributed by atoms with Crippen LogP contribution in [0.2, 0.25) is 5.02 Å². The van der Waals surface area contributed by atoms with Gasteiger partial charge in [0.1, 0.15) is 5.76 Å². The molecule has 3 nitrogen and oxygen atoms in total. The summed E-state index contributed by atoms with van der Waals surface area (Å²) >= 11 is 6.86. The fourth-order valence-corrected chi connectivity index (χ4v) is 3.93. The Morgan fingerprint density at radius 1 is 0.774 bits per heavy atom. The van der Waals surface area contributed by atoms with Crippen molar-refractivity contribution in [2.75, 3.05) is 33.2 Å². The molecule has 0 N–H and O–H groups in total. The molecule has 0 spiro atoms. The first-order valence-electron chi connectivity index (χ1n) is 10.5. The van der Waals surface area contributed by atoms with Crippen molar-refractivity contribution in [2.45, 2.75) is 26.8 Å². The average Bonchev–Trinajstić information content (AvgIpc) is 3.08. The molecule has 0 amide bonds. The van der Waals surface area contributed by atoms with Gasteiger partial charge in [0.2, 0.25) is 0 Å². The van der Waals surface area contributed by atoms with E-state index in [0.717, 1.165) is 67.4 Å². The van der Waals surface area contributed by atoms with Gasteiger partial charge in [0.25, 0.3) is 0 Å². The second-order valence-corrected chi connectivity index (χ2v) is 7.78. The van der Waals surface area contributed by atoms with Crippen molar-refractivity contribution in [3.05, 3.63) is 71.2 Å². The Labute approximate surface area is 204 Å². The number of rotatable bonds is 10. The van der Waals surface area contributed by atoms with Gasteiger partial charge in [-0.1, -0.05) is 86.1 Å². The molecule has 0 aliphatic heterocycles. The van der Waals surface area contributed by atoms with Gasteiger partial charge in [-0.25, -0.2) is 0 Å². The quantitative estimate of drug-likeness (QED) is 0.302. The topological polar surface area (TPSA) is 19.6 Å². The van der Waals surface area contributed by atoms with E-state index in [-0.39, 0.29) is 24.8 Å². The average molecular weight is 484 g/mol. The Morgan fingerprint density at radius 3 is 1.81 bits per heavy atom. The highest BCUT2D eigenvalue weighted by Crippen LogP contribution is 2.40. The molecule has 0 aliphatic rings. The number of hydrogen-bond donors (Lipinski definition) is 0. The molecule has 3 rings (SSSR count). The van der Waals surface area contributed by atoms with Crippen molar-refractivity contribution < 1.29 is 4.42 Å². The minimum atomic E-state index is 0. The highest BCUT2D eigenvalue weighted by atomic mass is 35.5. The molecule has 1 aromatic heterocycles. The van der Waals surface area contributed by atoms with Crippen molar-refractivity contribution in [3.8, 4) is 22.6 Å². The first-order valence-corrected chi connectivity index (χ1v) is 10.8. The maximum atomic E-state index is 6.86. The zero-order valence-electron chi connectivity index (χ0n) is 18.5. The minimum Gasteiger partial charge on any atom is -0.454 e. The lowest BCUT2D eigenvalue weighted by atomic mass is 10.1. The summed E-state index contributed by atoms with van der Waals surface area (Å²) < 4.78 is 6.33. The van der Waals surface area contributed by atoms with Crippen LogP contribution in [0.5, 0.6) is 0 Å². The molecule has 31 heavy (non-hydrogen) atoms. The Hall–Kier alpha value is -1.49. The minimum absolute atomic E-state index is 0. The Kier molecular flexibility index (Phi) is 12.3. The molecule has 0 fully saturated rings. The molecule has 3 aromatic rings. The van der Waals surface area contributed by atoms with E-state index in [1.165, 1.54) is 0 Å². The van der Waals surface area contributed by atoms with Crippen LogP contribution in [-0.4, -0.2) is 43.0 Å². The van der Waals surface area contributed by atoms with Gasteiger partial charge in [0.05, 0.1) is 5.02 Å². The van der Waals surface area contributed by atoms with Crippen LogP contribution >= 0.6 is 36.4 Å². The van der Waals surface area contributed by atoms with Crippen LogP contribution in [0.25, 0.3) is 22.6 Å². The molecule has 6 heteroatoms. The highest BCUT2D eigenvalue weighted by molar-refractivity contribution is 6.34. The van der Waals surface area contributed by atoms with E-state index in [1.807, 2.05) is 48.5 Å². The van der Waals surface area contributed by atoms with Gasteiger partial charge in [-0.05, 0) is 39.6 Å². The van der Waals surface area contributed by atoms with Crippen molar-refractivity contribution in [3.63, 3.8) is 0 Å². The van der Waals surface area contributed by atoms with Crippen molar-refractivity contribution in [2.24, 2.45) is 0 Å². The SMILES string of the molecule is CCN(CC)CCCN(C)Cc1c(-c2ccccc2)oc(-c2ccccc2)c1Cl.Cl.Cl. The summed E-state index contributed by atoms with van der Waals surface area (Å²) in [5.41, 5.74) is 3.12. The zero-order valence-corrected chi connectivity index (χ0v) is 20.9. The smallest absolute Gasteiger partial charge is 0.153 e. The first-order chi connectivity index (χ1) is 14.1. The maximum Gasteiger partial charge on any atom is 0.153 e. The molecule has 0 unspecified atom stereocenters. The van der Waals surface area contributed by atoms with E-state index >= 15 is 0 Å². The normalized spacial score (nSPS) is 10.8. The fraction of sp³-hybridized carbons (Fsp3) is 0.360. The summed E-state index contributed by atoms with van der Waals surface area (Å²) in [4.78, 5) is 4.79. The number of hydrogen-bond acceptors (Lipinski definition) is 3. The summed E-state index contributed by atoms with van der Waals surface area (Å²) in [6, 6.07) is 20.3. The van der Waals surface area contributed by atoms with E-state index in [1.54, 1.807) is 0 Å². The molecule has 2 aromatic carbocycles. The van der Waals surface area contributed by atoms with Crippen LogP contribution in [0.1, 0.15) is 25.8 Å². The number of halogens is 3. The van der Waals surface area contributed by atoms with Crippen LogP contribution < -0.4 is 0 Å². The molecule has 0 radical (unpaired) electrons. The van der Waals surface area contributed by atoms with Gasteiger partial charge >= 0.3 is 0 Å². The third-order valence-corrected chi connectivity index (χ3v) is 5.75. The molecule has 0 aliphatic carbocycles. The first kappa shape index (κ1) is 27.5. The van der Waals surface area contributed by atoms with Crippen LogP contribution in [0.4, 0.5) is 0 Å². The molecule has 0 saturated carbocycles. The monoisotopic (exact) mass is 482 g/mol. The maximum absolute atomic E-state index is 6.86. The van der Waals surface area contributed by atoms with E-state index in [4.69, 9.17) is 16.0 Å². The Bertz CT molecular complexity index is 881. The van der Waals surface area contributed by atoms with Crippen molar-refractivity contribution >= 4 is 36.4 Å². The molecular formula is C25H33Cl3N2O. The summed E-state index contributed by atoms with van der Waals surface area (Å²) in [7, 11) is 2.16. The standard InChI is InChI=1S/C25H31ClN2O.2ClH/c1-4-28(5-2)18-12-17-27(3)19-22-23(26)25(21-15-10-7-11-16-21)29-24(22)20-13-8-6-9-14-20;;/h6-11,13-16H,4-5,12,17-19H2,1-3H3;2*1H. The Balaban J connectivity index is 0.00000240. The van der Waals surface area contributed by atoms with E-state index in [0.29, 0.717) is 5.02 Å². The molecule has 0 atom stereocenters. The zero-order chi connectivity index (χ0) is 20.6. The third-order valence-electron chi connectivity index (χ3n) is 5.35. The molecule has 0 saturated heterocycles. The Morgan fingerprint density at radius 2 is 1.29 bits per heavy atom. The van der Waals surface area contributed by atoms with Gasteiger partial charge in [-0.3, -0.25) is 0 Å². The molecule has 1 heterocycles. The van der Waals surface area contributed by atoms with Crippen LogP contribution in [0.15, 0.2) is 65.1 Å².